The molecule has 2 N–H and O–H groups in total. The fraction of sp³-hybridized carbons (Fsp3) is 0.429. The van der Waals surface area contributed by atoms with Crippen LogP contribution in [0.4, 0.5) is 10.5 Å². The Morgan fingerprint density at radius 1 is 1.43 bits per heavy atom. The number of aliphatic carboxylic acids is 1. The van der Waals surface area contributed by atoms with Gasteiger partial charge in [0.25, 0.3) is 0 Å². The molecule has 2 atom stereocenters. The van der Waals surface area contributed by atoms with Gasteiger partial charge in [-0.15, -0.1) is 0 Å². The van der Waals surface area contributed by atoms with E-state index in [2.05, 4.69) is 21.2 Å². The number of carboxylic acids is 1. The van der Waals surface area contributed by atoms with Crippen LogP contribution in [0.25, 0.3) is 0 Å². The first kappa shape index (κ1) is 15.8. The second-order valence-electron chi connectivity index (χ2n) is 5.05. The molecule has 114 valence electrons. The fourth-order valence-electron chi connectivity index (χ4n) is 2.19. The lowest BCUT2D eigenvalue weighted by molar-refractivity contribution is -0.142. The number of halogens is 1. The van der Waals surface area contributed by atoms with Gasteiger partial charge in [0.05, 0.1) is 19.3 Å². The van der Waals surface area contributed by atoms with Crippen LogP contribution in [0.1, 0.15) is 5.56 Å². The Morgan fingerprint density at radius 2 is 2.14 bits per heavy atom. The number of benzene rings is 1. The molecule has 0 bridgehead atoms. The van der Waals surface area contributed by atoms with Crippen molar-refractivity contribution in [2.45, 2.75) is 13.0 Å². The standard InChI is InChI=1S/C14H17BrN2O4/c1-8-3-4-9(5-11(8)15)16-14(20)17(2)12-7-21-6-10(12)13(18)19/h3-5,10,12H,6-7H2,1-2H3,(H,16,20)(H,18,19). The zero-order chi connectivity index (χ0) is 15.6. The van der Waals surface area contributed by atoms with Crippen LogP contribution in [-0.4, -0.2) is 48.3 Å². The molecule has 1 aliphatic heterocycles. The zero-order valence-corrected chi connectivity index (χ0v) is 13.4. The van der Waals surface area contributed by atoms with Gasteiger partial charge >= 0.3 is 12.0 Å². The third kappa shape index (κ3) is 3.54. The van der Waals surface area contributed by atoms with Gasteiger partial charge in [0.2, 0.25) is 0 Å². The summed E-state index contributed by atoms with van der Waals surface area (Å²) in [4.78, 5) is 24.7. The number of amides is 2. The van der Waals surface area contributed by atoms with Gasteiger partial charge in [-0.3, -0.25) is 4.79 Å². The van der Waals surface area contributed by atoms with Crippen LogP contribution in [0.3, 0.4) is 0 Å². The van der Waals surface area contributed by atoms with Crippen molar-refractivity contribution in [2.75, 3.05) is 25.6 Å². The van der Waals surface area contributed by atoms with Gasteiger partial charge in [-0.2, -0.15) is 0 Å². The van der Waals surface area contributed by atoms with Crippen molar-refractivity contribution < 1.29 is 19.4 Å². The lowest BCUT2D eigenvalue weighted by Gasteiger charge is -2.26. The first-order valence-electron chi connectivity index (χ1n) is 6.50. The van der Waals surface area contributed by atoms with Gasteiger partial charge in [0, 0.05) is 17.2 Å². The Balaban J connectivity index is 2.05. The number of anilines is 1. The largest absolute Gasteiger partial charge is 0.481 e. The van der Waals surface area contributed by atoms with E-state index in [0.717, 1.165) is 10.0 Å². The Morgan fingerprint density at radius 3 is 2.76 bits per heavy atom. The highest BCUT2D eigenvalue weighted by atomic mass is 79.9. The highest BCUT2D eigenvalue weighted by molar-refractivity contribution is 9.10. The molecule has 1 fully saturated rings. The number of hydrogen-bond donors (Lipinski definition) is 2. The second kappa shape index (κ2) is 6.44. The molecule has 2 rings (SSSR count). The maximum atomic E-state index is 12.2. The molecule has 0 aromatic heterocycles. The molecule has 7 heteroatoms. The van der Waals surface area contributed by atoms with Crippen LogP contribution < -0.4 is 5.32 Å². The summed E-state index contributed by atoms with van der Waals surface area (Å²) < 4.78 is 6.08. The van der Waals surface area contributed by atoms with Crippen LogP contribution in [0.5, 0.6) is 0 Å². The van der Waals surface area contributed by atoms with E-state index in [1.807, 2.05) is 13.0 Å². The van der Waals surface area contributed by atoms with Crippen LogP contribution >= 0.6 is 15.9 Å². The summed E-state index contributed by atoms with van der Waals surface area (Å²) >= 11 is 3.41. The number of carbonyl (C=O) groups is 2. The smallest absolute Gasteiger partial charge is 0.321 e. The molecule has 0 aliphatic carbocycles. The maximum Gasteiger partial charge on any atom is 0.321 e. The van der Waals surface area contributed by atoms with Gasteiger partial charge in [-0.05, 0) is 24.6 Å². The van der Waals surface area contributed by atoms with Crippen LogP contribution in [0.15, 0.2) is 22.7 Å². The molecular weight excluding hydrogens is 340 g/mol. The minimum atomic E-state index is -0.949. The van der Waals surface area contributed by atoms with Gasteiger partial charge in [-0.1, -0.05) is 22.0 Å². The molecule has 0 radical (unpaired) electrons. The van der Waals surface area contributed by atoms with Crippen molar-refractivity contribution in [1.29, 1.82) is 0 Å². The number of carboxylic acid groups (broad SMARTS) is 1. The number of aryl methyl sites for hydroxylation is 1. The van der Waals surface area contributed by atoms with E-state index < -0.39 is 17.9 Å². The van der Waals surface area contributed by atoms with Crippen molar-refractivity contribution in [3.8, 4) is 0 Å². The van der Waals surface area contributed by atoms with Crippen LogP contribution in [0, 0.1) is 12.8 Å². The third-order valence-electron chi connectivity index (χ3n) is 3.61. The second-order valence-corrected chi connectivity index (χ2v) is 5.91. The Bertz CT molecular complexity index is 564. The SMILES string of the molecule is Cc1ccc(NC(=O)N(C)C2COCC2C(=O)O)cc1Br. The average molecular weight is 357 g/mol. The van der Waals surface area contributed by atoms with E-state index in [4.69, 9.17) is 9.84 Å². The topological polar surface area (TPSA) is 78.9 Å². The minimum Gasteiger partial charge on any atom is -0.481 e. The normalized spacial score (nSPS) is 21.1. The van der Waals surface area contributed by atoms with Gasteiger partial charge in [0.1, 0.15) is 5.92 Å². The molecule has 1 aliphatic rings. The predicted octanol–water partition coefficient (Wildman–Crippen LogP) is 2.32. The summed E-state index contributed by atoms with van der Waals surface area (Å²) in [5.41, 5.74) is 1.71. The van der Waals surface area contributed by atoms with Crippen molar-refractivity contribution in [3.63, 3.8) is 0 Å². The minimum absolute atomic E-state index is 0.133. The van der Waals surface area contributed by atoms with E-state index in [0.29, 0.717) is 5.69 Å². The summed E-state index contributed by atoms with van der Waals surface area (Å²) in [6.07, 6.45) is 0. The quantitative estimate of drug-likeness (QED) is 0.870. The Hall–Kier alpha value is -1.60. The van der Waals surface area contributed by atoms with Crippen LogP contribution in [-0.2, 0) is 9.53 Å². The van der Waals surface area contributed by atoms with Gasteiger partial charge in [-0.25, -0.2) is 4.79 Å². The van der Waals surface area contributed by atoms with Gasteiger partial charge in [0.15, 0.2) is 0 Å². The van der Waals surface area contributed by atoms with E-state index in [9.17, 15) is 9.59 Å². The number of carbonyl (C=O) groups excluding carboxylic acids is 1. The number of ether oxygens (including phenoxy) is 1. The first-order chi connectivity index (χ1) is 9.90. The maximum absolute atomic E-state index is 12.2. The zero-order valence-electron chi connectivity index (χ0n) is 11.8. The fourth-order valence-corrected chi connectivity index (χ4v) is 2.57. The number of rotatable bonds is 3. The molecule has 0 spiro atoms. The molecule has 1 aromatic rings. The number of likely N-dealkylation sites (N-methyl/N-ethyl adjacent to an activating group) is 1. The predicted molar refractivity (Wildman–Crippen MR) is 81.4 cm³/mol. The number of nitrogens with one attached hydrogen (secondary N) is 1. The molecule has 6 nitrogen and oxygen atoms in total. The van der Waals surface area contributed by atoms with Crippen molar-refractivity contribution in [1.82, 2.24) is 4.90 Å². The summed E-state index contributed by atoms with van der Waals surface area (Å²) in [6, 6.07) is 4.68. The summed E-state index contributed by atoms with van der Waals surface area (Å²) in [6.45, 7) is 2.32. The molecule has 2 unspecified atom stereocenters. The van der Waals surface area contributed by atoms with Gasteiger partial charge < -0.3 is 20.1 Å². The molecule has 0 saturated carbocycles. The molecule has 1 heterocycles. The summed E-state index contributed by atoms with van der Waals surface area (Å²) in [5, 5.41) is 11.9. The lowest BCUT2D eigenvalue weighted by atomic mass is 10.0. The molecular formula is C14H17BrN2O4. The molecule has 1 saturated heterocycles. The highest BCUT2D eigenvalue weighted by Gasteiger charge is 2.38. The van der Waals surface area contributed by atoms with Crippen molar-refractivity contribution in [3.05, 3.63) is 28.2 Å². The summed E-state index contributed by atoms with van der Waals surface area (Å²) in [7, 11) is 1.58. The monoisotopic (exact) mass is 356 g/mol. The molecule has 1 aromatic carbocycles. The average Bonchev–Trinajstić information content (AvgIpc) is 2.91. The lowest BCUT2D eigenvalue weighted by Crippen LogP contribution is -2.45. The number of urea groups is 1. The highest BCUT2D eigenvalue weighted by Crippen LogP contribution is 2.23. The molecule has 2 amide bonds. The van der Waals surface area contributed by atoms with E-state index in [-0.39, 0.29) is 19.2 Å². The third-order valence-corrected chi connectivity index (χ3v) is 4.46. The molecule has 21 heavy (non-hydrogen) atoms. The van der Waals surface area contributed by atoms with E-state index in [1.165, 1.54) is 4.90 Å². The number of nitrogens with zero attached hydrogens (tertiary/aromatic N) is 1. The van der Waals surface area contributed by atoms with E-state index in [1.54, 1.807) is 19.2 Å². The Labute approximate surface area is 131 Å². The van der Waals surface area contributed by atoms with E-state index >= 15 is 0 Å². The first-order valence-corrected chi connectivity index (χ1v) is 7.30. The van der Waals surface area contributed by atoms with Crippen molar-refractivity contribution in [2.24, 2.45) is 5.92 Å². The number of hydrogen-bond acceptors (Lipinski definition) is 3. The summed E-state index contributed by atoms with van der Waals surface area (Å²) in [5.74, 6) is -1.64. The van der Waals surface area contributed by atoms with Crippen molar-refractivity contribution >= 4 is 33.6 Å². The van der Waals surface area contributed by atoms with Crippen LogP contribution in [0.2, 0.25) is 0 Å². The Kier molecular flexibility index (Phi) is 4.84.